The summed E-state index contributed by atoms with van der Waals surface area (Å²) in [7, 11) is 0. The van der Waals surface area contributed by atoms with Crippen LogP contribution in [0.25, 0.3) is 22.4 Å². The molecular formula is C22H21FN8O. The standard InChI is InChI=1S/C22H21FN8O/c23-18-11-27-20(17-10-26-19-16(17)9-25-12-28-19)31-21(18)29-14-4-1-5-15(7-14)30-22(32)13-3-2-6-24-8-13/h2-3,6,8-12,14-15H,1,4-5,7H2,(H,30,32)(H,25,26,28)(H,27,29,31)/t14-,15+/m1/s1. The lowest BCUT2D eigenvalue weighted by Crippen LogP contribution is -2.42. The smallest absolute Gasteiger partial charge is 0.253 e. The predicted molar refractivity (Wildman–Crippen MR) is 116 cm³/mol. The monoisotopic (exact) mass is 432 g/mol. The highest BCUT2D eigenvalue weighted by molar-refractivity contribution is 5.94. The van der Waals surface area contributed by atoms with E-state index in [1.165, 1.54) is 6.33 Å². The zero-order valence-corrected chi connectivity index (χ0v) is 17.1. The molecule has 0 unspecified atom stereocenters. The van der Waals surface area contributed by atoms with E-state index in [0.717, 1.165) is 30.8 Å². The van der Waals surface area contributed by atoms with Crippen molar-refractivity contribution in [3.8, 4) is 11.4 Å². The van der Waals surface area contributed by atoms with Gasteiger partial charge in [-0.2, -0.15) is 0 Å². The number of carbonyl (C=O) groups excluding carboxylic acids is 1. The number of aromatic nitrogens is 6. The first kappa shape index (κ1) is 20.0. The fraction of sp³-hybridized carbons (Fsp3) is 0.273. The number of nitrogens with one attached hydrogen (secondary N) is 3. The number of anilines is 1. The molecule has 9 nitrogen and oxygen atoms in total. The third-order valence-corrected chi connectivity index (χ3v) is 5.61. The van der Waals surface area contributed by atoms with Gasteiger partial charge >= 0.3 is 0 Å². The van der Waals surface area contributed by atoms with Crippen LogP contribution in [0.2, 0.25) is 0 Å². The largest absolute Gasteiger partial charge is 0.365 e. The Morgan fingerprint density at radius 3 is 2.91 bits per heavy atom. The fourth-order valence-electron chi connectivity index (χ4n) is 4.05. The Morgan fingerprint density at radius 1 is 1.12 bits per heavy atom. The number of hydrogen-bond acceptors (Lipinski definition) is 7. The molecule has 32 heavy (non-hydrogen) atoms. The SMILES string of the molecule is O=C(N[C@H]1CCC[C@@H](Nc2nc(-c3c[nH]c4ncncc34)ncc2F)C1)c1cccnc1. The van der Waals surface area contributed by atoms with Crippen LogP contribution in [0.1, 0.15) is 36.0 Å². The van der Waals surface area contributed by atoms with E-state index in [-0.39, 0.29) is 23.8 Å². The van der Waals surface area contributed by atoms with Crippen molar-refractivity contribution in [3.63, 3.8) is 0 Å². The number of nitrogens with zero attached hydrogens (tertiary/aromatic N) is 5. The lowest BCUT2D eigenvalue weighted by molar-refractivity contribution is 0.0926. The molecule has 4 aromatic rings. The Morgan fingerprint density at radius 2 is 2.03 bits per heavy atom. The number of hydrogen-bond donors (Lipinski definition) is 3. The summed E-state index contributed by atoms with van der Waals surface area (Å²) < 4.78 is 14.5. The summed E-state index contributed by atoms with van der Waals surface area (Å²) in [5.74, 6) is -0.148. The van der Waals surface area contributed by atoms with Crippen molar-refractivity contribution in [1.29, 1.82) is 0 Å². The molecule has 0 radical (unpaired) electrons. The van der Waals surface area contributed by atoms with Crippen LogP contribution in [0.4, 0.5) is 10.2 Å². The number of rotatable bonds is 5. The van der Waals surface area contributed by atoms with Crippen LogP contribution in [0, 0.1) is 5.82 Å². The predicted octanol–water partition coefficient (Wildman–Crippen LogP) is 3.10. The van der Waals surface area contributed by atoms with Gasteiger partial charge in [-0.15, -0.1) is 0 Å². The molecule has 4 aromatic heterocycles. The summed E-state index contributed by atoms with van der Waals surface area (Å²) in [6.07, 6.45) is 12.5. The van der Waals surface area contributed by atoms with E-state index in [0.29, 0.717) is 29.0 Å². The zero-order chi connectivity index (χ0) is 21.9. The normalized spacial score (nSPS) is 18.4. The quantitative estimate of drug-likeness (QED) is 0.443. The highest BCUT2D eigenvalue weighted by Gasteiger charge is 2.25. The second-order valence-electron chi connectivity index (χ2n) is 7.80. The molecule has 1 fully saturated rings. The molecule has 0 spiro atoms. The Bertz CT molecular complexity index is 1250. The minimum atomic E-state index is -0.522. The fourth-order valence-corrected chi connectivity index (χ4v) is 4.05. The van der Waals surface area contributed by atoms with Gasteiger partial charge in [-0.3, -0.25) is 9.78 Å². The van der Waals surface area contributed by atoms with Crippen LogP contribution in [0.3, 0.4) is 0 Å². The number of carbonyl (C=O) groups is 1. The number of halogens is 1. The van der Waals surface area contributed by atoms with Gasteiger partial charge in [0.2, 0.25) is 0 Å². The van der Waals surface area contributed by atoms with E-state index in [1.54, 1.807) is 36.9 Å². The molecule has 5 rings (SSSR count). The topological polar surface area (TPSA) is 121 Å². The van der Waals surface area contributed by atoms with Crippen LogP contribution < -0.4 is 10.6 Å². The van der Waals surface area contributed by atoms with Crippen LogP contribution >= 0.6 is 0 Å². The molecule has 1 saturated carbocycles. The first-order valence-electron chi connectivity index (χ1n) is 10.4. The van der Waals surface area contributed by atoms with E-state index >= 15 is 0 Å². The van der Waals surface area contributed by atoms with Gasteiger partial charge in [-0.25, -0.2) is 24.3 Å². The molecule has 2 atom stereocenters. The van der Waals surface area contributed by atoms with Crippen LogP contribution in [0.15, 0.2) is 49.4 Å². The number of fused-ring (bicyclic) bond motifs is 1. The van der Waals surface area contributed by atoms with Crippen molar-refractivity contribution >= 4 is 22.8 Å². The van der Waals surface area contributed by atoms with Gasteiger partial charge in [0.25, 0.3) is 5.91 Å². The van der Waals surface area contributed by atoms with E-state index in [4.69, 9.17) is 0 Å². The minimum absolute atomic E-state index is 0.0101. The molecule has 0 saturated heterocycles. The molecule has 162 valence electrons. The van der Waals surface area contributed by atoms with Crippen molar-refractivity contribution < 1.29 is 9.18 Å². The van der Waals surface area contributed by atoms with E-state index in [1.807, 2.05) is 0 Å². The van der Waals surface area contributed by atoms with Gasteiger partial charge in [0, 0.05) is 47.8 Å². The summed E-state index contributed by atoms with van der Waals surface area (Å²) in [4.78, 5) is 36.3. The van der Waals surface area contributed by atoms with E-state index < -0.39 is 5.82 Å². The molecule has 3 N–H and O–H groups in total. The summed E-state index contributed by atoms with van der Waals surface area (Å²) in [6, 6.07) is 3.43. The average Bonchev–Trinajstić information content (AvgIpc) is 3.26. The maximum atomic E-state index is 14.5. The first-order valence-corrected chi connectivity index (χ1v) is 10.4. The summed E-state index contributed by atoms with van der Waals surface area (Å²) >= 11 is 0. The average molecular weight is 432 g/mol. The lowest BCUT2D eigenvalue weighted by atomic mass is 9.90. The molecule has 1 aliphatic rings. The van der Waals surface area contributed by atoms with Crippen molar-refractivity contribution in [3.05, 3.63) is 60.8 Å². The van der Waals surface area contributed by atoms with E-state index in [9.17, 15) is 9.18 Å². The summed E-state index contributed by atoms with van der Waals surface area (Å²) in [5.41, 5.74) is 1.89. The van der Waals surface area contributed by atoms with Crippen LogP contribution in [0.5, 0.6) is 0 Å². The van der Waals surface area contributed by atoms with Gasteiger partial charge < -0.3 is 15.6 Å². The molecular weight excluding hydrogens is 411 g/mol. The second-order valence-corrected chi connectivity index (χ2v) is 7.80. The number of H-pyrrole nitrogens is 1. The maximum Gasteiger partial charge on any atom is 0.253 e. The van der Waals surface area contributed by atoms with Gasteiger partial charge in [0.1, 0.15) is 12.0 Å². The summed E-state index contributed by atoms with van der Waals surface area (Å²) in [6.45, 7) is 0. The van der Waals surface area contributed by atoms with Gasteiger partial charge in [-0.05, 0) is 37.8 Å². The van der Waals surface area contributed by atoms with Gasteiger partial charge in [0.15, 0.2) is 17.5 Å². The first-order chi connectivity index (χ1) is 15.7. The highest BCUT2D eigenvalue weighted by atomic mass is 19.1. The number of aromatic amines is 1. The highest BCUT2D eigenvalue weighted by Crippen LogP contribution is 2.27. The van der Waals surface area contributed by atoms with Crippen LogP contribution in [-0.4, -0.2) is 47.9 Å². The molecule has 1 aliphatic carbocycles. The third kappa shape index (κ3) is 4.11. The zero-order valence-electron chi connectivity index (χ0n) is 17.1. The van der Waals surface area contributed by atoms with Crippen molar-refractivity contribution in [2.24, 2.45) is 0 Å². The van der Waals surface area contributed by atoms with Crippen LogP contribution in [-0.2, 0) is 0 Å². The molecule has 4 heterocycles. The molecule has 10 heteroatoms. The molecule has 0 aromatic carbocycles. The molecule has 1 amide bonds. The van der Waals surface area contributed by atoms with E-state index in [2.05, 4.69) is 40.5 Å². The Labute approximate surface area is 183 Å². The van der Waals surface area contributed by atoms with Crippen molar-refractivity contribution in [1.82, 2.24) is 35.2 Å². The Balaban J connectivity index is 1.30. The molecule has 0 aliphatic heterocycles. The lowest BCUT2D eigenvalue weighted by Gasteiger charge is -2.30. The van der Waals surface area contributed by atoms with Crippen molar-refractivity contribution in [2.75, 3.05) is 5.32 Å². The summed E-state index contributed by atoms with van der Waals surface area (Å²) in [5, 5.41) is 7.03. The van der Waals surface area contributed by atoms with Gasteiger partial charge in [0.05, 0.1) is 11.8 Å². The maximum absolute atomic E-state index is 14.5. The minimum Gasteiger partial charge on any atom is -0.365 e. The second kappa shape index (κ2) is 8.66. The van der Waals surface area contributed by atoms with Gasteiger partial charge in [-0.1, -0.05) is 0 Å². The Hall–Kier alpha value is -3.95. The number of amides is 1. The van der Waals surface area contributed by atoms with Crippen molar-refractivity contribution in [2.45, 2.75) is 37.8 Å². The Kier molecular flexibility index (Phi) is 5.40. The number of pyridine rings is 1. The third-order valence-electron chi connectivity index (χ3n) is 5.61. The molecule has 0 bridgehead atoms.